The number of carbonyl (C=O) groups is 3. The van der Waals surface area contributed by atoms with E-state index in [-0.39, 0.29) is 41.4 Å². The molecule has 1 N–H and O–H groups in total. The number of benzene rings is 1. The van der Waals surface area contributed by atoms with Crippen molar-refractivity contribution >= 4 is 39.9 Å². The Hall–Kier alpha value is -2.87. The smallest absolute Gasteiger partial charge is 0.257 e. The third-order valence-electron chi connectivity index (χ3n) is 5.60. The molecule has 0 radical (unpaired) electrons. The molecule has 2 aliphatic carbocycles. The van der Waals surface area contributed by atoms with Gasteiger partial charge in [0.05, 0.1) is 17.5 Å². The second-order valence-corrected chi connectivity index (χ2v) is 8.32. The van der Waals surface area contributed by atoms with Gasteiger partial charge in [0, 0.05) is 5.56 Å². The maximum atomic E-state index is 12.8. The minimum absolute atomic E-state index is 0.122. The van der Waals surface area contributed by atoms with Gasteiger partial charge in [-0.15, -0.1) is 10.2 Å². The summed E-state index contributed by atoms with van der Waals surface area (Å²) in [6.45, 7) is 1.81. The maximum absolute atomic E-state index is 12.8. The molecule has 27 heavy (non-hydrogen) atoms. The van der Waals surface area contributed by atoms with Crippen molar-refractivity contribution in [2.24, 2.45) is 23.7 Å². The van der Waals surface area contributed by atoms with Crippen LogP contribution in [0, 0.1) is 30.6 Å². The third-order valence-corrected chi connectivity index (χ3v) is 6.36. The largest absolute Gasteiger partial charge is 0.296 e. The molecule has 0 spiro atoms. The molecule has 3 amide bonds. The minimum Gasteiger partial charge on any atom is -0.296 e. The van der Waals surface area contributed by atoms with Crippen LogP contribution in [0.25, 0.3) is 0 Å². The van der Waals surface area contributed by atoms with E-state index in [1.54, 1.807) is 24.3 Å². The lowest BCUT2D eigenvalue weighted by Crippen LogP contribution is -2.32. The summed E-state index contributed by atoms with van der Waals surface area (Å²) in [6.07, 6.45) is 5.05. The van der Waals surface area contributed by atoms with Crippen LogP contribution in [0.4, 0.5) is 10.8 Å². The Labute approximate surface area is 159 Å². The van der Waals surface area contributed by atoms with E-state index in [0.717, 1.165) is 11.4 Å². The molecule has 8 heteroatoms. The predicted octanol–water partition coefficient (Wildman–Crippen LogP) is 2.41. The van der Waals surface area contributed by atoms with Gasteiger partial charge in [-0.05, 0) is 49.4 Å². The quantitative estimate of drug-likeness (QED) is 0.652. The number of anilines is 2. The van der Waals surface area contributed by atoms with Crippen LogP contribution in [0.2, 0.25) is 0 Å². The molecule has 2 heterocycles. The molecule has 1 aromatic heterocycles. The lowest BCUT2D eigenvalue weighted by Gasteiger charge is -2.17. The van der Waals surface area contributed by atoms with Gasteiger partial charge in [0.15, 0.2) is 0 Å². The summed E-state index contributed by atoms with van der Waals surface area (Å²) in [6, 6.07) is 6.51. The number of amides is 3. The predicted molar refractivity (Wildman–Crippen MR) is 99.3 cm³/mol. The minimum atomic E-state index is -0.309. The molecule has 1 saturated carbocycles. The van der Waals surface area contributed by atoms with Gasteiger partial charge in [0.25, 0.3) is 5.91 Å². The molecule has 2 fully saturated rings. The van der Waals surface area contributed by atoms with Gasteiger partial charge >= 0.3 is 0 Å². The SMILES string of the molecule is Cc1nnc(NC(=O)c2ccc(N3C(=O)C4C5C=CC(C5)C4C3=O)cc2)s1. The number of nitrogens with zero attached hydrogens (tertiary/aromatic N) is 3. The van der Waals surface area contributed by atoms with Gasteiger partial charge in [0.2, 0.25) is 16.9 Å². The van der Waals surface area contributed by atoms with Gasteiger partial charge in [-0.25, -0.2) is 0 Å². The number of aryl methyl sites for hydroxylation is 1. The number of carbonyl (C=O) groups excluding carboxylic acids is 3. The van der Waals surface area contributed by atoms with Gasteiger partial charge in [-0.3, -0.25) is 24.6 Å². The Morgan fingerprint density at radius 3 is 2.26 bits per heavy atom. The van der Waals surface area contributed by atoms with Crippen LogP contribution >= 0.6 is 11.3 Å². The molecule has 5 rings (SSSR count). The van der Waals surface area contributed by atoms with Gasteiger partial charge in [-0.2, -0.15) is 0 Å². The van der Waals surface area contributed by atoms with Crippen molar-refractivity contribution < 1.29 is 14.4 Å². The number of hydrogen-bond donors (Lipinski definition) is 1. The second kappa shape index (κ2) is 5.82. The highest BCUT2D eigenvalue weighted by Gasteiger charge is 2.59. The van der Waals surface area contributed by atoms with Crippen molar-refractivity contribution in [1.29, 1.82) is 0 Å². The van der Waals surface area contributed by atoms with Crippen molar-refractivity contribution in [3.63, 3.8) is 0 Å². The first-order chi connectivity index (χ1) is 13.0. The van der Waals surface area contributed by atoms with E-state index in [9.17, 15) is 14.4 Å². The molecule has 1 aliphatic heterocycles. The number of nitrogens with one attached hydrogen (secondary N) is 1. The van der Waals surface area contributed by atoms with Crippen LogP contribution in [0.5, 0.6) is 0 Å². The standard InChI is InChI=1S/C19H16N4O3S/c1-9-21-22-19(27-9)20-16(24)10-4-6-13(7-5-10)23-17(25)14-11-2-3-12(8-11)15(14)18(23)26/h2-7,11-12,14-15H,8H2,1H3,(H,20,22,24). The average molecular weight is 380 g/mol. The molecule has 4 unspecified atom stereocenters. The fourth-order valence-electron chi connectivity index (χ4n) is 4.44. The molecule has 2 bridgehead atoms. The lowest BCUT2D eigenvalue weighted by molar-refractivity contribution is -0.123. The van der Waals surface area contributed by atoms with Crippen molar-refractivity contribution in [3.8, 4) is 0 Å². The number of fused-ring (bicyclic) bond motifs is 5. The van der Waals surface area contributed by atoms with Crippen molar-refractivity contribution in [2.75, 3.05) is 10.2 Å². The maximum Gasteiger partial charge on any atom is 0.257 e. The van der Waals surface area contributed by atoms with Crippen molar-refractivity contribution in [3.05, 3.63) is 47.0 Å². The molecular weight excluding hydrogens is 364 g/mol. The number of imide groups is 1. The van der Waals surface area contributed by atoms with E-state index >= 15 is 0 Å². The summed E-state index contributed by atoms with van der Waals surface area (Å²) in [5.41, 5.74) is 0.940. The van der Waals surface area contributed by atoms with E-state index in [1.807, 2.05) is 6.92 Å². The van der Waals surface area contributed by atoms with Crippen LogP contribution in [-0.4, -0.2) is 27.9 Å². The van der Waals surface area contributed by atoms with Crippen LogP contribution in [-0.2, 0) is 9.59 Å². The van der Waals surface area contributed by atoms with Crippen molar-refractivity contribution in [2.45, 2.75) is 13.3 Å². The van der Waals surface area contributed by atoms with Crippen LogP contribution in [0.1, 0.15) is 21.8 Å². The Bertz CT molecular complexity index is 967. The van der Waals surface area contributed by atoms with Gasteiger partial charge < -0.3 is 0 Å². The van der Waals surface area contributed by atoms with E-state index < -0.39 is 0 Å². The number of aromatic nitrogens is 2. The molecule has 2 aromatic rings. The zero-order valence-electron chi connectivity index (χ0n) is 14.5. The Balaban J connectivity index is 1.36. The van der Waals surface area contributed by atoms with E-state index in [1.165, 1.54) is 16.2 Å². The summed E-state index contributed by atoms with van der Waals surface area (Å²) < 4.78 is 0. The van der Waals surface area contributed by atoms with E-state index in [0.29, 0.717) is 16.4 Å². The summed E-state index contributed by atoms with van der Waals surface area (Å²) in [7, 11) is 0. The van der Waals surface area contributed by atoms with Crippen LogP contribution < -0.4 is 10.2 Å². The van der Waals surface area contributed by atoms with E-state index in [2.05, 4.69) is 27.7 Å². The van der Waals surface area contributed by atoms with Gasteiger partial charge in [0.1, 0.15) is 5.01 Å². The monoisotopic (exact) mass is 380 g/mol. The van der Waals surface area contributed by atoms with Crippen LogP contribution in [0.15, 0.2) is 36.4 Å². The highest BCUT2D eigenvalue weighted by atomic mass is 32.1. The zero-order chi connectivity index (χ0) is 18.7. The molecule has 7 nitrogen and oxygen atoms in total. The van der Waals surface area contributed by atoms with E-state index in [4.69, 9.17) is 0 Å². The Morgan fingerprint density at radius 2 is 1.70 bits per heavy atom. The number of allylic oxidation sites excluding steroid dienone is 2. The first-order valence-electron chi connectivity index (χ1n) is 8.80. The first kappa shape index (κ1) is 16.3. The van der Waals surface area contributed by atoms with Crippen molar-refractivity contribution in [1.82, 2.24) is 10.2 Å². The molecule has 3 aliphatic rings. The highest BCUT2D eigenvalue weighted by molar-refractivity contribution is 7.15. The normalized spacial score (nSPS) is 28.1. The lowest BCUT2D eigenvalue weighted by atomic mass is 9.85. The highest BCUT2D eigenvalue weighted by Crippen LogP contribution is 2.53. The van der Waals surface area contributed by atoms with Gasteiger partial charge in [-0.1, -0.05) is 23.5 Å². The summed E-state index contributed by atoms with van der Waals surface area (Å²) in [4.78, 5) is 39.3. The summed E-state index contributed by atoms with van der Waals surface area (Å²) in [5.74, 6) is -0.640. The summed E-state index contributed by atoms with van der Waals surface area (Å²) >= 11 is 1.29. The number of hydrogen-bond acceptors (Lipinski definition) is 6. The second-order valence-electron chi connectivity index (χ2n) is 7.14. The number of rotatable bonds is 3. The fraction of sp³-hybridized carbons (Fsp3) is 0.316. The Kier molecular flexibility index (Phi) is 3.51. The van der Waals surface area contributed by atoms with Crippen LogP contribution in [0.3, 0.4) is 0 Å². The topological polar surface area (TPSA) is 92.3 Å². The fourth-order valence-corrected chi connectivity index (χ4v) is 5.02. The third kappa shape index (κ3) is 2.43. The molecule has 4 atom stereocenters. The first-order valence-corrected chi connectivity index (χ1v) is 9.62. The zero-order valence-corrected chi connectivity index (χ0v) is 15.3. The molecule has 1 aromatic carbocycles. The Morgan fingerprint density at radius 1 is 1.07 bits per heavy atom. The molecular formula is C19H16N4O3S. The molecule has 1 saturated heterocycles. The average Bonchev–Trinajstić information content (AvgIpc) is 3.41. The molecule has 136 valence electrons. The summed E-state index contributed by atoms with van der Waals surface area (Å²) in [5, 5.41) is 11.6.